The first-order valence-electron chi connectivity index (χ1n) is 14.9. The average molecular weight is 654 g/mol. The average Bonchev–Trinajstić information content (AvgIpc) is 3.02. The fourth-order valence-corrected chi connectivity index (χ4v) is 5.90. The quantitative estimate of drug-likeness (QED) is 0.329. The fourth-order valence-electron chi connectivity index (χ4n) is 5.90. The molecular formula is C32H43Cl2FN4O5. The summed E-state index contributed by atoms with van der Waals surface area (Å²) in [5.74, 6) is 0.456. The maximum absolute atomic E-state index is 15.2. The number of benzene rings is 2. The van der Waals surface area contributed by atoms with Crippen LogP contribution in [0.2, 0.25) is 0 Å². The summed E-state index contributed by atoms with van der Waals surface area (Å²) in [5.41, 5.74) is 1.01. The third-order valence-electron chi connectivity index (χ3n) is 8.16. The topological polar surface area (TPSA) is 85.3 Å². The number of fused-ring (bicyclic) bond motifs is 1. The summed E-state index contributed by atoms with van der Waals surface area (Å²) in [5, 5.41) is 3.00. The zero-order valence-corrected chi connectivity index (χ0v) is 27.0. The predicted octanol–water partition coefficient (Wildman–Crippen LogP) is 4.36. The zero-order valence-electron chi connectivity index (χ0n) is 25.4. The number of methoxy groups -OCH3 is 1. The Morgan fingerprint density at radius 2 is 1.75 bits per heavy atom. The van der Waals surface area contributed by atoms with Gasteiger partial charge in [-0.3, -0.25) is 19.4 Å². The van der Waals surface area contributed by atoms with Crippen molar-refractivity contribution >= 4 is 41.6 Å². The second-order valence-electron chi connectivity index (χ2n) is 10.9. The number of pyridine rings is 1. The maximum Gasteiger partial charge on any atom is 0.234 e. The Labute approximate surface area is 270 Å². The van der Waals surface area contributed by atoms with Crippen molar-refractivity contribution in [3.05, 3.63) is 58.6 Å². The molecule has 2 aromatic carbocycles. The van der Waals surface area contributed by atoms with Crippen LogP contribution in [0.1, 0.15) is 26.2 Å². The molecule has 12 heteroatoms. The number of amides is 1. The molecule has 3 heterocycles. The number of carbonyl (C=O) groups excluding carboxylic acids is 1. The van der Waals surface area contributed by atoms with Gasteiger partial charge < -0.3 is 24.1 Å². The maximum atomic E-state index is 15.2. The molecule has 0 atom stereocenters. The molecule has 0 unspecified atom stereocenters. The molecule has 242 valence electrons. The number of piperidine rings is 1. The highest BCUT2D eigenvalue weighted by molar-refractivity contribution is 5.89. The van der Waals surface area contributed by atoms with Crippen molar-refractivity contribution in [3.8, 4) is 22.6 Å². The van der Waals surface area contributed by atoms with Gasteiger partial charge in [0.15, 0.2) is 5.43 Å². The smallest absolute Gasteiger partial charge is 0.234 e. The van der Waals surface area contributed by atoms with E-state index in [1.165, 1.54) is 6.07 Å². The lowest BCUT2D eigenvalue weighted by Crippen LogP contribution is -2.50. The number of hydrogen-bond donors (Lipinski definition) is 1. The van der Waals surface area contributed by atoms with Crippen molar-refractivity contribution in [3.63, 3.8) is 0 Å². The minimum absolute atomic E-state index is 0. The first kappa shape index (κ1) is 35.6. The fraction of sp³-hybridized carbons (Fsp3) is 0.500. The zero-order chi connectivity index (χ0) is 29.5. The van der Waals surface area contributed by atoms with Gasteiger partial charge in [-0.1, -0.05) is 19.1 Å². The van der Waals surface area contributed by atoms with Gasteiger partial charge in [0, 0.05) is 57.1 Å². The van der Waals surface area contributed by atoms with Crippen molar-refractivity contribution < 1.29 is 23.4 Å². The number of aromatic nitrogens is 1. The summed E-state index contributed by atoms with van der Waals surface area (Å²) in [7, 11) is 1.58. The second-order valence-corrected chi connectivity index (χ2v) is 10.9. The van der Waals surface area contributed by atoms with E-state index in [-0.39, 0.29) is 36.1 Å². The van der Waals surface area contributed by atoms with Gasteiger partial charge in [-0.05, 0) is 49.1 Å². The Balaban J connectivity index is 0.00000264. The molecule has 1 aromatic heterocycles. The molecule has 0 aliphatic carbocycles. The lowest BCUT2D eigenvalue weighted by atomic mass is 10.0. The highest BCUT2D eigenvalue weighted by atomic mass is 35.5. The second kappa shape index (κ2) is 17.0. The van der Waals surface area contributed by atoms with E-state index in [0.29, 0.717) is 60.4 Å². The van der Waals surface area contributed by atoms with Gasteiger partial charge in [-0.25, -0.2) is 4.39 Å². The molecule has 2 saturated heterocycles. The number of hydrogen-bond acceptors (Lipinski definition) is 7. The number of morpholine rings is 1. The first-order valence-corrected chi connectivity index (χ1v) is 14.9. The number of rotatable bonds is 11. The number of nitrogens with one attached hydrogen (secondary N) is 1. The van der Waals surface area contributed by atoms with E-state index in [1.54, 1.807) is 43.6 Å². The number of ether oxygens (including phenoxy) is 3. The highest BCUT2D eigenvalue weighted by Gasteiger charge is 2.26. The van der Waals surface area contributed by atoms with E-state index in [1.807, 2.05) is 11.5 Å². The van der Waals surface area contributed by atoms with Crippen molar-refractivity contribution in [2.75, 3.05) is 66.2 Å². The van der Waals surface area contributed by atoms with E-state index in [4.69, 9.17) is 14.2 Å². The Morgan fingerprint density at radius 3 is 2.41 bits per heavy atom. The van der Waals surface area contributed by atoms with Crippen LogP contribution in [0.4, 0.5) is 4.39 Å². The van der Waals surface area contributed by atoms with Gasteiger partial charge in [-0.2, -0.15) is 0 Å². The van der Waals surface area contributed by atoms with Crippen molar-refractivity contribution in [1.29, 1.82) is 0 Å². The summed E-state index contributed by atoms with van der Waals surface area (Å²) >= 11 is 0. The Hall–Kier alpha value is -2.89. The van der Waals surface area contributed by atoms with Crippen LogP contribution >= 0.6 is 24.8 Å². The Bertz CT molecular complexity index is 1420. The third-order valence-corrected chi connectivity index (χ3v) is 8.16. The largest absolute Gasteiger partial charge is 0.497 e. The van der Waals surface area contributed by atoms with Crippen molar-refractivity contribution in [2.45, 2.75) is 38.8 Å². The molecule has 9 nitrogen and oxygen atoms in total. The lowest BCUT2D eigenvalue weighted by Gasteiger charge is -2.39. The summed E-state index contributed by atoms with van der Waals surface area (Å²) in [6.45, 7) is 8.79. The van der Waals surface area contributed by atoms with Gasteiger partial charge in [0.05, 0.1) is 44.4 Å². The van der Waals surface area contributed by atoms with Crippen molar-refractivity contribution in [2.24, 2.45) is 0 Å². The van der Waals surface area contributed by atoms with Crippen LogP contribution in [0.25, 0.3) is 22.0 Å². The number of nitrogens with zero attached hydrogens (tertiary/aromatic N) is 3. The SMILES string of the molecule is CCCOc1ccc(F)c2c(=O)c(-c3ccc(OC)cc3)cn(CCNC(=O)CN3CCC(N4CCOCC4)CC3)c12.Cl.Cl. The summed E-state index contributed by atoms with van der Waals surface area (Å²) in [4.78, 5) is 31.2. The van der Waals surface area contributed by atoms with Crippen LogP contribution in [-0.4, -0.2) is 92.5 Å². The van der Waals surface area contributed by atoms with Crippen LogP contribution in [0.15, 0.2) is 47.4 Å². The first-order chi connectivity index (χ1) is 20.5. The van der Waals surface area contributed by atoms with E-state index < -0.39 is 11.2 Å². The number of halogens is 3. The summed E-state index contributed by atoms with van der Waals surface area (Å²) < 4.78 is 33.7. The molecule has 44 heavy (non-hydrogen) atoms. The summed E-state index contributed by atoms with van der Waals surface area (Å²) in [6.07, 6.45) is 4.61. The van der Waals surface area contributed by atoms with Crippen LogP contribution in [0.3, 0.4) is 0 Å². The van der Waals surface area contributed by atoms with E-state index in [0.717, 1.165) is 58.7 Å². The van der Waals surface area contributed by atoms with Gasteiger partial charge >= 0.3 is 0 Å². The minimum Gasteiger partial charge on any atom is -0.497 e. The normalized spacial score (nSPS) is 16.2. The lowest BCUT2D eigenvalue weighted by molar-refractivity contribution is -0.122. The minimum atomic E-state index is -0.604. The van der Waals surface area contributed by atoms with E-state index in [9.17, 15) is 9.59 Å². The summed E-state index contributed by atoms with van der Waals surface area (Å²) in [6, 6.07) is 10.5. The molecule has 1 N–H and O–H groups in total. The molecule has 1 amide bonds. The predicted molar refractivity (Wildman–Crippen MR) is 175 cm³/mol. The van der Waals surface area contributed by atoms with Gasteiger partial charge in [0.25, 0.3) is 0 Å². The van der Waals surface area contributed by atoms with Gasteiger partial charge in [-0.15, -0.1) is 24.8 Å². The molecule has 5 rings (SSSR count). The van der Waals surface area contributed by atoms with Crippen molar-refractivity contribution in [1.82, 2.24) is 19.7 Å². The molecule has 0 spiro atoms. The molecule has 0 bridgehead atoms. The van der Waals surface area contributed by atoms with Crippen LogP contribution < -0.4 is 20.2 Å². The number of carbonyl (C=O) groups is 1. The van der Waals surface area contributed by atoms with Crippen LogP contribution in [0, 0.1) is 5.82 Å². The van der Waals surface area contributed by atoms with Gasteiger partial charge in [0.1, 0.15) is 17.3 Å². The molecule has 2 aliphatic heterocycles. The van der Waals surface area contributed by atoms with Crippen LogP contribution in [-0.2, 0) is 16.1 Å². The third kappa shape index (κ3) is 8.43. The van der Waals surface area contributed by atoms with E-state index in [2.05, 4.69) is 15.1 Å². The number of likely N-dealkylation sites (tertiary alicyclic amines) is 1. The molecule has 3 aromatic rings. The molecule has 0 saturated carbocycles. The molecule has 2 aliphatic rings. The molecular weight excluding hydrogens is 610 g/mol. The standard InChI is InChI=1S/C32H41FN4O5.2ClH/c1-3-18-42-28-9-8-27(33)30-31(28)37(21-26(32(30)39)23-4-6-25(40-2)7-5-23)15-12-34-29(38)22-35-13-10-24(11-14-35)36-16-19-41-20-17-36;;/h4-9,21,24H,3,10-20,22H2,1-2H3,(H,34,38);2*1H. The Kier molecular flexibility index (Phi) is 13.7. The Morgan fingerprint density at radius 1 is 1.05 bits per heavy atom. The monoisotopic (exact) mass is 652 g/mol. The van der Waals surface area contributed by atoms with Gasteiger partial charge in [0.2, 0.25) is 5.91 Å². The highest BCUT2D eigenvalue weighted by Crippen LogP contribution is 2.30. The molecule has 2 fully saturated rings. The van der Waals surface area contributed by atoms with E-state index >= 15 is 4.39 Å². The molecule has 0 radical (unpaired) electrons. The van der Waals surface area contributed by atoms with Crippen LogP contribution in [0.5, 0.6) is 11.5 Å².